The lowest BCUT2D eigenvalue weighted by Crippen LogP contribution is -2.23. The van der Waals surface area contributed by atoms with Gasteiger partial charge in [-0.15, -0.1) is 0 Å². The standard InChI is InChI=1S/C24H21N2O2PS3/c1-16-13-18(15-31-24-26-25-23(30)32-24)14-17(2)21(16)22(27)29(28,19-9-5-3-6-10-19)20-11-7-4-8-12-20/h3-14H,15H2,1-2H3,(H,25,30). The summed E-state index contributed by atoms with van der Waals surface area (Å²) in [5, 5.41) is 8.07. The number of carbonyl (C=O) groups excluding carboxylic acids is 1. The van der Waals surface area contributed by atoms with Crippen molar-refractivity contribution < 1.29 is 9.36 Å². The highest BCUT2D eigenvalue weighted by Gasteiger charge is 2.37. The molecule has 0 aliphatic carbocycles. The molecular weight excluding hydrogens is 475 g/mol. The van der Waals surface area contributed by atoms with E-state index in [2.05, 4.69) is 10.2 Å². The quantitative estimate of drug-likeness (QED) is 0.186. The van der Waals surface area contributed by atoms with E-state index in [0.717, 1.165) is 21.0 Å². The van der Waals surface area contributed by atoms with Gasteiger partial charge in [-0.05, 0) is 42.8 Å². The number of aromatic nitrogens is 2. The minimum Gasteiger partial charge on any atom is -0.305 e. The predicted octanol–water partition coefficient (Wildman–Crippen LogP) is 6.26. The lowest BCUT2D eigenvalue weighted by atomic mass is 10.0. The first kappa shape index (κ1) is 22.9. The van der Waals surface area contributed by atoms with Crippen molar-refractivity contribution in [2.45, 2.75) is 23.9 Å². The summed E-state index contributed by atoms with van der Waals surface area (Å²) < 4.78 is 16.0. The summed E-state index contributed by atoms with van der Waals surface area (Å²) >= 11 is 8.13. The van der Waals surface area contributed by atoms with Crippen molar-refractivity contribution in [1.82, 2.24) is 10.2 Å². The van der Waals surface area contributed by atoms with Crippen molar-refractivity contribution in [2.75, 3.05) is 0 Å². The fourth-order valence-corrected chi connectivity index (χ4v) is 8.34. The number of nitrogens with one attached hydrogen (secondary N) is 1. The molecule has 32 heavy (non-hydrogen) atoms. The van der Waals surface area contributed by atoms with Crippen LogP contribution in [0.4, 0.5) is 0 Å². The summed E-state index contributed by atoms with van der Waals surface area (Å²) in [6.07, 6.45) is 0. The number of nitrogens with zero attached hydrogens (tertiary/aromatic N) is 1. The molecule has 1 aromatic heterocycles. The number of aryl methyl sites for hydroxylation is 2. The first-order valence-electron chi connectivity index (χ1n) is 9.94. The number of H-pyrrole nitrogens is 1. The summed E-state index contributed by atoms with van der Waals surface area (Å²) in [7, 11) is -3.53. The Labute approximate surface area is 200 Å². The minimum absolute atomic E-state index is 0.325. The van der Waals surface area contributed by atoms with Crippen LogP contribution in [-0.2, 0) is 10.3 Å². The molecule has 0 bridgehead atoms. The molecule has 0 amide bonds. The van der Waals surface area contributed by atoms with Gasteiger partial charge in [0.25, 0.3) is 0 Å². The Bertz CT molecular complexity index is 1300. The SMILES string of the molecule is Cc1cc(CSc2n[nH]c(=S)s2)cc(C)c1C(=O)P(=O)(c1ccccc1)c1ccccc1. The monoisotopic (exact) mass is 496 g/mol. The number of carbonyl (C=O) groups is 1. The highest BCUT2D eigenvalue weighted by Crippen LogP contribution is 2.48. The zero-order chi connectivity index (χ0) is 22.7. The molecule has 4 nitrogen and oxygen atoms in total. The lowest BCUT2D eigenvalue weighted by Gasteiger charge is -2.21. The van der Waals surface area contributed by atoms with Crippen LogP contribution in [0.25, 0.3) is 0 Å². The molecule has 4 rings (SSSR count). The maximum Gasteiger partial charge on any atom is 0.230 e. The van der Waals surface area contributed by atoms with Crippen molar-refractivity contribution >= 4 is 58.6 Å². The van der Waals surface area contributed by atoms with Gasteiger partial charge < -0.3 is 4.57 Å². The van der Waals surface area contributed by atoms with Crippen molar-refractivity contribution in [3.8, 4) is 0 Å². The summed E-state index contributed by atoms with van der Waals surface area (Å²) in [6.45, 7) is 3.82. The molecule has 8 heteroatoms. The molecule has 0 saturated carbocycles. The molecular formula is C24H21N2O2PS3. The van der Waals surface area contributed by atoms with E-state index in [-0.39, 0.29) is 5.52 Å². The van der Waals surface area contributed by atoms with Gasteiger partial charge in [0.1, 0.15) is 0 Å². The predicted molar refractivity (Wildman–Crippen MR) is 137 cm³/mol. The molecule has 0 fully saturated rings. The lowest BCUT2D eigenvalue weighted by molar-refractivity contribution is 0.107. The molecule has 0 aliphatic heterocycles. The fourth-order valence-electron chi connectivity index (χ4n) is 3.71. The van der Waals surface area contributed by atoms with Crippen LogP contribution in [0.5, 0.6) is 0 Å². The van der Waals surface area contributed by atoms with Crippen LogP contribution in [-0.4, -0.2) is 15.7 Å². The van der Waals surface area contributed by atoms with E-state index in [1.54, 1.807) is 36.0 Å². The summed E-state index contributed by atoms with van der Waals surface area (Å²) in [6, 6.07) is 22.1. The first-order chi connectivity index (χ1) is 15.4. The summed E-state index contributed by atoms with van der Waals surface area (Å²) in [5.41, 5.74) is 2.94. The molecule has 0 atom stereocenters. The van der Waals surface area contributed by atoms with E-state index in [0.29, 0.717) is 25.9 Å². The average Bonchev–Trinajstić information content (AvgIpc) is 3.23. The topological polar surface area (TPSA) is 62.8 Å². The zero-order valence-electron chi connectivity index (χ0n) is 17.6. The summed E-state index contributed by atoms with van der Waals surface area (Å²) in [5.74, 6) is 0.710. The Hall–Kier alpha value is -2.31. The Morgan fingerprint density at radius 2 is 1.53 bits per heavy atom. The normalized spacial score (nSPS) is 11.4. The molecule has 1 heterocycles. The highest BCUT2D eigenvalue weighted by atomic mass is 32.2. The van der Waals surface area contributed by atoms with Crippen molar-refractivity contribution in [1.29, 1.82) is 0 Å². The first-order valence-corrected chi connectivity index (χ1v) is 13.9. The van der Waals surface area contributed by atoms with Gasteiger partial charge in [0, 0.05) is 21.9 Å². The molecule has 0 unspecified atom stereocenters. The molecule has 0 radical (unpaired) electrons. The van der Waals surface area contributed by atoms with E-state index in [1.807, 2.05) is 62.4 Å². The van der Waals surface area contributed by atoms with Crippen molar-refractivity contribution in [3.05, 3.63) is 99.0 Å². The van der Waals surface area contributed by atoms with Crippen LogP contribution < -0.4 is 10.6 Å². The molecule has 1 N–H and O–H groups in total. The Morgan fingerprint density at radius 1 is 1.00 bits per heavy atom. The second kappa shape index (κ2) is 9.67. The third-order valence-corrected chi connectivity index (χ3v) is 10.3. The Morgan fingerprint density at radius 3 is 2.00 bits per heavy atom. The van der Waals surface area contributed by atoms with Gasteiger partial charge in [-0.3, -0.25) is 9.89 Å². The number of rotatable bonds is 7. The van der Waals surface area contributed by atoms with Gasteiger partial charge in [-0.1, -0.05) is 95.9 Å². The molecule has 4 aromatic rings. The smallest absolute Gasteiger partial charge is 0.230 e. The van der Waals surface area contributed by atoms with Gasteiger partial charge in [-0.25, -0.2) is 0 Å². The van der Waals surface area contributed by atoms with Gasteiger partial charge in [0.15, 0.2) is 8.29 Å². The van der Waals surface area contributed by atoms with Gasteiger partial charge in [0.2, 0.25) is 12.7 Å². The number of thioether (sulfide) groups is 1. The van der Waals surface area contributed by atoms with Crippen LogP contribution in [0.3, 0.4) is 0 Å². The highest BCUT2D eigenvalue weighted by molar-refractivity contribution is 8.00. The maximum atomic E-state index is 14.4. The van der Waals surface area contributed by atoms with E-state index >= 15 is 0 Å². The maximum absolute atomic E-state index is 14.4. The Balaban J connectivity index is 1.73. The second-order valence-electron chi connectivity index (χ2n) is 7.36. The van der Waals surface area contributed by atoms with E-state index < -0.39 is 7.14 Å². The molecule has 0 aliphatic rings. The van der Waals surface area contributed by atoms with E-state index in [9.17, 15) is 9.36 Å². The third-order valence-electron chi connectivity index (χ3n) is 5.11. The van der Waals surface area contributed by atoms with Crippen LogP contribution >= 0.6 is 42.5 Å². The van der Waals surface area contributed by atoms with Gasteiger partial charge in [0.05, 0.1) is 0 Å². The largest absolute Gasteiger partial charge is 0.305 e. The Kier molecular flexibility index (Phi) is 6.91. The number of benzene rings is 3. The van der Waals surface area contributed by atoms with E-state index in [1.165, 1.54) is 11.3 Å². The van der Waals surface area contributed by atoms with Crippen molar-refractivity contribution in [3.63, 3.8) is 0 Å². The number of aromatic amines is 1. The molecule has 3 aromatic carbocycles. The third kappa shape index (κ3) is 4.57. The van der Waals surface area contributed by atoms with Crippen molar-refractivity contribution in [2.24, 2.45) is 0 Å². The van der Waals surface area contributed by atoms with Crippen LogP contribution in [0.2, 0.25) is 0 Å². The molecule has 162 valence electrons. The zero-order valence-corrected chi connectivity index (χ0v) is 20.9. The van der Waals surface area contributed by atoms with Crippen LogP contribution in [0.1, 0.15) is 27.0 Å². The molecule has 0 spiro atoms. The van der Waals surface area contributed by atoms with Crippen LogP contribution in [0.15, 0.2) is 77.1 Å². The van der Waals surface area contributed by atoms with Crippen LogP contribution in [0, 0.1) is 17.8 Å². The van der Waals surface area contributed by atoms with E-state index in [4.69, 9.17) is 12.2 Å². The summed E-state index contributed by atoms with van der Waals surface area (Å²) in [4.78, 5) is 13.9. The minimum atomic E-state index is -3.53. The van der Waals surface area contributed by atoms with Gasteiger partial charge in [-0.2, -0.15) is 5.10 Å². The number of hydrogen-bond acceptors (Lipinski definition) is 6. The average molecular weight is 497 g/mol. The van der Waals surface area contributed by atoms with Gasteiger partial charge >= 0.3 is 0 Å². The molecule has 0 saturated heterocycles. The fraction of sp³-hybridized carbons (Fsp3) is 0.125. The second-order valence-corrected chi connectivity index (χ2v) is 12.9. The number of hydrogen-bond donors (Lipinski definition) is 1.